The summed E-state index contributed by atoms with van der Waals surface area (Å²) in [6, 6.07) is -0.0381. The first kappa shape index (κ1) is 20.3. The van der Waals surface area contributed by atoms with Gasteiger partial charge in [-0.25, -0.2) is 4.79 Å². The molecule has 0 spiro atoms. The van der Waals surface area contributed by atoms with Crippen molar-refractivity contribution in [2.75, 3.05) is 52.4 Å². The van der Waals surface area contributed by atoms with Crippen LogP contribution in [-0.2, 0) is 14.3 Å². The molecule has 1 amide bonds. The number of rotatable bonds is 3. The van der Waals surface area contributed by atoms with Gasteiger partial charge >= 0.3 is 12.1 Å². The van der Waals surface area contributed by atoms with Gasteiger partial charge in [0.2, 0.25) is 0 Å². The molecule has 7 nitrogen and oxygen atoms in total. The van der Waals surface area contributed by atoms with E-state index in [0.29, 0.717) is 19.5 Å². The molecule has 2 aliphatic rings. The third-order valence-corrected chi connectivity index (χ3v) is 4.77. The number of likely N-dealkylation sites (N-methyl/N-ethyl adjacent to an activating group) is 1. The van der Waals surface area contributed by atoms with Gasteiger partial charge in [-0.15, -0.1) is 0 Å². The van der Waals surface area contributed by atoms with Crippen LogP contribution >= 0.6 is 11.6 Å². The third-order valence-electron chi connectivity index (χ3n) is 4.66. The van der Waals surface area contributed by atoms with Gasteiger partial charge in [0.15, 0.2) is 6.07 Å². The van der Waals surface area contributed by atoms with Crippen molar-refractivity contribution in [2.45, 2.75) is 38.8 Å². The van der Waals surface area contributed by atoms with E-state index >= 15 is 0 Å². The minimum atomic E-state index is -0.565. The molecule has 0 aromatic rings. The molecule has 0 N–H and O–H groups in total. The summed E-state index contributed by atoms with van der Waals surface area (Å²) in [7, 11) is 2.10. The van der Waals surface area contributed by atoms with Crippen LogP contribution in [0.2, 0.25) is 0 Å². The summed E-state index contributed by atoms with van der Waals surface area (Å²) in [6.07, 6.45) is 0.300. The van der Waals surface area contributed by atoms with Crippen molar-refractivity contribution in [3.05, 3.63) is 0 Å². The van der Waals surface area contributed by atoms with Gasteiger partial charge in [0.25, 0.3) is 0 Å². The van der Waals surface area contributed by atoms with E-state index in [1.54, 1.807) is 4.90 Å². The maximum Gasteiger partial charge on any atom is 0.410 e. The summed E-state index contributed by atoms with van der Waals surface area (Å²) >= 11 is 5.54. The molecule has 0 aliphatic carbocycles. The Morgan fingerprint density at radius 3 is 2.32 bits per heavy atom. The Hall–Kier alpha value is -1.05. The van der Waals surface area contributed by atoms with Gasteiger partial charge < -0.3 is 19.3 Å². The highest BCUT2D eigenvalue weighted by atomic mass is 35.5. The summed E-state index contributed by atoms with van der Waals surface area (Å²) in [5.41, 5.74) is -0.565. The molecule has 0 saturated carbocycles. The fourth-order valence-corrected chi connectivity index (χ4v) is 3.45. The summed E-state index contributed by atoms with van der Waals surface area (Å²) in [6.45, 7) is 10.2. The highest BCUT2D eigenvalue weighted by Crippen LogP contribution is 2.25. The molecule has 0 aromatic carbocycles. The van der Waals surface area contributed by atoms with Crippen molar-refractivity contribution in [3.63, 3.8) is 0 Å². The molecular weight excluding hydrogens is 346 g/mol. The lowest BCUT2D eigenvalue weighted by Gasteiger charge is -2.44. The highest BCUT2D eigenvalue weighted by Gasteiger charge is 2.39. The Morgan fingerprint density at radius 2 is 1.76 bits per heavy atom. The molecule has 2 heterocycles. The standard InChI is InChI=1S/C17H30ClN3O4/c1-17(2,3)25-16(23)21-10-13(15(22)24-12-18)9-14(11-21)20-7-5-19(4)6-8-20/h13-14H,5-12H2,1-4H3. The molecule has 0 bridgehead atoms. The number of nitrogens with zero attached hydrogens (tertiary/aromatic N) is 3. The smallest absolute Gasteiger partial charge is 0.410 e. The van der Waals surface area contributed by atoms with Crippen molar-refractivity contribution in [3.8, 4) is 0 Å². The van der Waals surface area contributed by atoms with Gasteiger partial charge in [-0.05, 0) is 34.2 Å². The third kappa shape index (κ3) is 6.01. The van der Waals surface area contributed by atoms with E-state index in [4.69, 9.17) is 21.1 Å². The fraction of sp³-hybridized carbons (Fsp3) is 0.882. The number of halogens is 1. The minimum absolute atomic E-state index is 0.128. The van der Waals surface area contributed by atoms with Gasteiger partial charge in [0.1, 0.15) is 5.60 Å². The number of alkyl halides is 1. The first-order valence-corrected chi connectivity index (χ1v) is 9.36. The second-order valence-electron chi connectivity index (χ2n) is 7.88. The van der Waals surface area contributed by atoms with Crippen molar-refractivity contribution in [2.24, 2.45) is 5.92 Å². The van der Waals surface area contributed by atoms with Crippen molar-refractivity contribution in [1.82, 2.24) is 14.7 Å². The normalized spacial score (nSPS) is 26.4. The van der Waals surface area contributed by atoms with Gasteiger partial charge in [0, 0.05) is 45.3 Å². The average molecular weight is 376 g/mol. The van der Waals surface area contributed by atoms with Crippen LogP contribution < -0.4 is 0 Å². The number of amides is 1. The second-order valence-corrected chi connectivity index (χ2v) is 8.10. The molecule has 2 aliphatic heterocycles. The number of hydrogen-bond donors (Lipinski definition) is 0. The fourth-order valence-electron chi connectivity index (χ4n) is 3.34. The second kappa shape index (κ2) is 8.56. The van der Waals surface area contributed by atoms with Gasteiger partial charge in [-0.3, -0.25) is 9.69 Å². The molecule has 144 valence electrons. The molecule has 0 radical (unpaired) electrons. The lowest BCUT2D eigenvalue weighted by atomic mass is 9.93. The number of hydrogen-bond acceptors (Lipinski definition) is 6. The summed E-state index contributed by atoms with van der Waals surface area (Å²) in [5.74, 6) is -0.716. The molecular formula is C17H30ClN3O4. The molecule has 2 rings (SSSR count). The van der Waals surface area contributed by atoms with Crippen LogP contribution in [0.25, 0.3) is 0 Å². The molecule has 8 heteroatoms. The van der Waals surface area contributed by atoms with Gasteiger partial charge in [0.05, 0.1) is 5.92 Å². The number of esters is 1. The molecule has 2 unspecified atom stereocenters. The van der Waals surface area contributed by atoms with Crippen LogP contribution in [0.5, 0.6) is 0 Å². The number of carbonyl (C=O) groups is 2. The Kier molecular flexibility index (Phi) is 6.93. The van der Waals surface area contributed by atoms with E-state index in [0.717, 1.165) is 26.2 Å². The van der Waals surface area contributed by atoms with E-state index in [-0.39, 0.29) is 30.1 Å². The van der Waals surface area contributed by atoms with E-state index < -0.39 is 5.60 Å². The Morgan fingerprint density at radius 1 is 1.12 bits per heavy atom. The van der Waals surface area contributed by atoms with E-state index in [1.807, 2.05) is 20.8 Å². The first-order valence-electron chi connectivity index (χ1n) is 8.82. The maximum absolute atomic E-state index is 12.5. The average Bonchev–Trinajstić information content (AvgIpc) is 2.53. The van der Waals surface area contributed by atoms with Crippen LogP contribution in [0.1, 0.15) is 27.2 Å². The first-order chi connectivity index (χ1) is 11.7. The van der Waals surface area contributed by atoms with Gasteiger partial charge in [-0.1, -0.05) is 11.6 Å². The maximum atomic E-state index is 12.5. The summed E-state index contributed by atoms with van der Waals surface area (Å²) in [4.78, 5) is 31.0. The lowest BCUT2D eigenvalue weighted by molar-refractivity contribution is -0.149. The molecule has 2 atom stereocenters. The van der Waals surface area contributed by atoms with Crippen LogP contribution in [-0.4, -0.2) is 90.8 Å². The van der Waals surface area contributed by atoms with Crippen LogP contribution in [0.3, 0.4) is 0 Å². The zero-order valence-electron chi connectivity index (χ0n) is 15.7. The topological polar surface area (TPSA) is 62.3 Å². The van der Waals surface area contributed by atoms with Crippen LogP contribution in [0.15, 0.2) is 0 Å². The van der Waals surface area contributed by atoms with Crippen LogP contribution in [0.4, 0.5) is 4.79 Å². The number of ether oxygens (including phenoxy) is 2. The zero-order chi connectivity index (χ0) is 18.6. The number of carbonyl (C=O) groups excluding carboxylic acids is 2. The predicted molar refractivity (Wildman–Crippen MR) is 95.6 cm³/mol. The van der Waals surface area contributed by atoms with Gasteiger partial charge in [-0.2, -0.15) is 0 Å². The quantitative estimate of drug-likeness (QED) is 0.551. The van der Waals surface area contributed by atoms with E-state index in [9.17, 15) is 9.59 Å². The minimum Gasteiger partial charge on any atom is -0.449 e. The lowest BCUT2D eigenvalue weighted by Crippen LogP contribution is -2.58. The number of likely N-dealkylation sites (tertiary alicyclic amines) is 1. The molecule has 2 saturated heterocycles. The SMILES string of the molecule is CN1CCN(C2CC(C(=O)OCCl)CN(C(=O)OC(C)(C)C)C2)CC1. The molecule has 25 heavy (non-hydrogen) atoms. The number of piperidine rings is 1. The summed E-state index contributed by atoms with van der Waals surface area (Å²) < 4.78 is 10.5. The van der Waals surface area contributed by atoms with E-state index in [1.165, 1.54) is 0 Å². The monoisotopic (exact) mass is 375 g/mol. The number of piperazine rings is 1. The largest absolute Gasteiger partial charge is 0.449 e. The Labute approximate surface area is 155 Å². The Balaban J connectivity index is 2.08. The zero-order valence-corrected chi connectivity index (χ0v) is 16.4. The van der Waals surface area contributed by atoms with Crippen molar-refractivity contribution >= 4 is 23.7 Å². The highest BCUT2D eigenvalue weighted by molar-refractivity contribution is 6.17. The summed E-state index contributed by atoms with van der Waals surface area (Å²) in [5, 5.41) is 0. The molecule has 0 aromatic heterocycles. The van der Waals surface area contributed by atoms with Crippen molar-refractivity contribution < 1.29 is 19.1 Å². The molecule has 2 fully saturated rings. The van der Waals surface area contributed by atoms with Crippen molar-refractivity contribution in [1.29, 1.82) is 0 Å². The predicted octanol–water partition coefficient (Wildman–Crippen LogP) is 1.60. The van der Waals surface area contributed by atoms with E-state index in [2.05, 4.69) is 16.8 Å². The van der Waals surface area contributed by atoms with Crippen LogP contribution in [0, 0.1) is 5.92 Å². The Bertz CT molecular complexity index is 475.